The van der Waals surface area contributed by atoms with Gasteiger partial charge in [-0.2, -0.15) is 0 Å². The molecule has 0 bridgehead atoms. The molecule has 1 aliphatic heterocycles. The molecule has 1 saturated heterocycles. The summed E-state index contributed by atoms with van der Waals surface area (Å²) in [5, 5.41) is 3.36. The summed E-state index contributed by atoms with van der Waals surface area (Å²) in [4.78, 5) is 15.5. The molecule has 1 aliphatic rings. The van der Waals surface area contributed by atoms with Gasteiger partial charge >= 0.3 is 0 Å². The number of hydrogen-bond acceptors (Lipinski definition) is 6. The second-order valence-corrected chi connectivity index (χ2v) is 8.03. The third kappa shape index (κ3) is 6.50. The average Bonchev–Trinajstić information content (AvgIpc) is 3.12. The zero-order valence-electron chi connectivity index (χ0n) is 16.0. The van der Waals surface area contributed by atoms with E-state index in [9.17, 15) is 4.79 Å². The third-order valence-corrected chi connectivity index (χ3v) is 4.74. The van der Waals surface area contributed by atoms with Crippen molar-refractivity contribution >= 4 is 18.2 Å². The molecular formula is C20H28N2O3S. The summed E-state index contributed by atoms with van der Waals surface area (Å²) in [6, 6.07) is 8.46. The minimum atomic E-state index is -0.318. The van der Waals surface area contributed by atoms with Gasteiger partial charge in [-0.05, 0) is 65.1 Å². The maximum Gasteiger partial charge on any atom is 0.293 e. The van der Waals surface area contributed by atoms with Crippen LogP contribution in [0.5, 0.6) is 0 Å². The summed E-state index contributed by atoms with van der Waals surface area (Å²) in [5.74, 6) is 1.37. The van der Waals surface area contributed by atoms with Gasteiger partial charge in [0.25, 0.3) is 6.47 Å². The number of piperidine rings is 1. The molecule has 0 radical (unpaired) electrons. The van der Waals surface area contributed by atoms with Gasteiger partial charge in [-0.15, -0.1) is 11.8 Å². The Labute approximate surface area is 159 Å². The van der Waals surface area contributed by atoms with Crippen LogP contribution in [-0.4, -0.2) is 36.4 Å². The molecule has 0 amide bonds. The topological polar surface area (TPSA) is 64.4 Å². The van der Waals surface area contributed by atoms with E-state index in [1.165, 1.54) is 4.90 Å². The van der Waals surface area contributed by atoms with Gasteiger partial charge in [0.1, 0.15) is 17.6 Å². The molecule has 0 unspecified atom stereocenters. The van der Waals surface area contributed by atoms with Gasteiger partial charge in [0.2, 0.25) is 0 Å². The van der Waals surface area contributed by atoms with Crippen LogP contribution in [0.1, 0.15) is 45.4 Å². The SMILES string of the molecule is CC(C)(C)OC=O.CSc1ccc(-c2coc(C3CCNCC3)n2)cc1. The lowest BCUT2D eigenvalue weighted by Gasteiger charge is -2.19. The smallest absolute Gasteiger partial charge is 0.293 e. The number of aromatic nitrogens is 1. The molecule has 0 saturated carbocycles. The summed E-state index contributed by atoms with van der Waals surface area (Å²) >= 11 is 1.75. The number of nitrogens with zero attached hydrogens (tertiary/aromatic N) is 1. The standard InChI is InChI=1S/C15H18N2OS.C5H10O2/c1-19-13-4-2-11(3-5-13)14-10-18-15(17-14)12-6-8-16-9-7-12;1-5(2,3)7-4-6/h2-5,10,12,16H,6-9H2,1H3;4H,1-3H3. The summed E-state index contributed by atoms with van der Waals surface area (Å²) in [5.41, 5.74) is 1.75. The quantitative estimate of drug-likeness (QED) is 0.627. The van der Waals surface area contributed by atoms with Crippen molar-refractivity contribution in [2.24, 2.45) is 0 Å². The second-order valence-electron chi connectivity index (χ2n) is 7.15. The first-order valence-electron chi connectivity index (χ1n) is 8.85. The number of carbonyl (C=O) groups is 1. The van der Waals surface area contributed by atoms with Crippen LogP contribution in [0.4, 0.5) is 0 Å². The Hall–Kier alpha value is -1.79. The average molecular weight is 377 g/mol. The largest absolute Gasteiger partial charge is 0.462 e. The Balaban J connectivity index is 0.000000298. The normalized spacial score (nSPS) is 15.1. The van der Waals surface area contributed by atoms with Gasteiger partial charge in [0.05, 0.1) is 0 Å². The summed E-state index contributed by atoms with van der Waals surface area (Å²) < 4.78 is 10.2. The number of rotatable bonds is 4. The highest BCUT2D eigenvalue weighted by atomic mass is 32.2. The van der Waals surface area contributed by atoms with Crippen molar-refractivity contribution in [2.75, 3.05) is 19.3 Å². The molecule has 1 fully saturated rings. The molecule has 26 heavy (non-hydrogen) atoms. The molecule has 3 rings (SSSR count). The molecule has 5 nitrogen and oxygen atoms in total. The van der Waals surface area contributed by atoms with Crippen LogP contribution in [0.25, 0.3) is 11.3 Å². The fourth-order valence-corrected chi connectivity index (χ4v) is 2.99. The van der Waals surface area contributed by atoms with E-state index in [2.05, 4.69) is 45.6 Å². The minimum Gasteiger partial charge on any atom is -0.462 e. The van der Waals surface area contributed by atoms with E-state index in [-0.39, 0.29) is 5.60 Å². The molecular weight excluding hydrogens is 348 g/mol. The number of carbonyl (C=O) groups excluding carboxylic acids is 1. The molecule has 142 valence electrons. The molecule has 1 aromatic heterocycles. The zero-order chi connectivity index (χ0) is 19.0. The second kappa shape index (κ2) is 9.78. The lowest BCUT2D eigenvalue weighted by atomic mass is 9.98. The van der Waals surface area contributed by atoms with E-state index in [0.29, 0.717) is 12.4 Å². The number of thioether (sulfide) groups is 1. The van der Waals surface area contributed by atoms with Gasteiger partial charge in [-0.3, -0.25) is 4.79 Å². The maximum absolute atomic E-state index is 9.60. The molecule has 0 aliphatic carbocycles. The molecule has 2 aromatic rings. The Bertz CT molecular complexity index is 671. The van der Waals surface area contributed by atoms with Gasteiger partial charge in [0, 0.05) is 16.4 Å². The maximum atomic E-state index is 9.60. The van der Waals surface area contributed by atoms with E-state index >= 15 is 0 Å². The van der Waals surface area contributed by atoms with Crippen LogP contribution in [0.3, 0.4) is 0 Å². The predicted octanol–water partition coefficient (Wildman–Crippen LogP) is 4.49. The van der Waals surface area contributed by atoms with E-state index in [0.717, 1.165) is 43.1 Å². The zero-order valence-corrected chi connectivity index (χ0v) is 16.8. The number of oxazole rings is 1. The molecule has 0 spiro atoms. The van der Waals surface area contributed by atoms with Crippen LogP contribution >= 0.6 is 11.8 Å². The Kier molecular flexibility index (Phi) is 7.72. The van der Waals surface area contributed by atoms with Crippen LogP contribution < -0.4 is 5.32 Å². The van der Waals surface area contributed by atoms with Crippen molar-refractivity contribution in [3.05, 3.63) is 36.4 Å². The third-order valence-electron chi connectivity index (χ3n) is 4.00. The highest BCUT2D eigenvalue weighted by molar-refractivity contribution is 7.98. The first kappa shape index (κ1) is 20.5. The van der Waals surface area contributed by atoms with Crippen LogP contribution in [0, 0.1) is 0 Å². The van der Waals surface area contributed by atoms with Crippen molar-refractivity contribution < 1.29 is 13.9 Å². The molecule has 1 aromatic carbocycles. The monoisotopic (exact) mass is 376 g/mol. The van der Waals surface area contributed by atoms with Crippen molar-refractivity contribution in [3.8, 4) is 11.3 Å². The molecule has 0 atom stereocenters. The first-order chi connectivity index (χ1) is 12.4. The van der Waals surface area contributed by atoms with Crippen molar-refractivity contribution in [1.29, 1.82) is 0 Å². The summed E-state index contributed by atoms with van der Waals surface area (Å²) in [6.45, 7) is 8.04. The summed E-state index contributed by atoms with van der Waals surface area (Å²) in [6.07, 6.45) is 6.10. The summed E-state index contributed by atoms with van der Waals surface area (Å²) in [7, 11) is 0. The van der Waals surface area contributed by atoms with Gasteiger partial charge in [-0.1, -0.05) is 12.1 Å². The predicted molar refractivity (Wildman–Crippen MR) is 105 cm³/mol. The van der Waals surface area contributed by atoms with E-state index < -0.39 is 0 Å². The van der Waals surface area contributed by atoms with E-state index in [1.807, 2.05) is 20.8 Å². The Morgan fingerprint density at radius 1 is 1.23 bits per heavy atom. The van der Waals surface area contributed by atoms with Gasteiger partial charge < -0.3 is 14.5 Å². The number of nitrogens with one attached hydrogen (secondary N) is 1. The van der Waals surface area contributed by atoms with Crippen LogP contribution in [0.2, 0.25) is 0 Å². The molecule has 1 N–H and O–H groups in total. The van der Waals surface area contributed by atoms with Gasteiger partial charge in [0.15, 0.2) is 5.89 Å². The molecule has 2 heterocycles. The minimum absolute atomic E-state index is 0.318. The Morgan fingerprint density at radius 3 is 2.38 bits per heavy atom. The fourth-order valence-electron chi connectivity index (χ4n) is 2.58. The lowest BCUT2D eigenvalue weighted by molar-refractivity contribution is -0.138. The van der Waals surface area contributed by atoms with Crippen molar-refractivity contribution in [3.63, 3.8) is 0 Å². The van der Waals surface area contributed by atoms with Crippen LogP contribution in [0.15, 0.2) is 39.8 Å². The first-order valence-corrected chi connectivity index (χ1v) is 10.1. The number of hydrogen-bond donors (Lipinski definition) is 1. The lowest BCUT2D eigenvalue weighted by Crippen LogP contribution is -2.26. The van der Waals surface area contributed by atoms with Crippen molar-refractivity contribution in [2.45, 2.75) is 50.0 Å². The van der Waals surface area contributed by atoms with Crippen molar-refractivity contribution in [1.82, 2.24) is 10.3 Å². The van der Waals surface area contributed by atoms with Crippen LogP contribution in [-0.2, 0) is 9.53 Å². The van der Waals surface area contributed by atoms with E-state index in [4.69, 9.17) is 4.42 Å². The van der Waals surface area contributed by atoms with Gasteiger partial charge in [-0.25, -0.2) is 4.98 Å². The fraction of sp³-hybridized carbons (Fsp3) is 0.500. The highest BCUT2D eigenvalue weighted by Crippen LogP contribution is 2.28. The number of benzene rings is 1. The molecule has 6 heteroatoms. The van der Waals surface area contributed by atoms with E-state index in [1.54, 1.807) is 18.0 Å². The number of ether oxygens (including phenoxy) is 1. The Morgan fingerprint density at radius 2 is 1.88 bits per heavy atom. The highest BCUT2D eigenvalue weighted by Gasteiger charge is 2.20.